The van der Waals surface area contributed by atoms with Gasteiger partial charge in [-0.15, -0.1) is 0 Å². The average Bonchev–Trinajstić information content (AvgIpc) is 3.37. The van der Waals surface area contributed by atoms with Gasteiger partial charge in [-0.05, 0) is 70.7 Å². The van der Waals surface area contributed by atoms with Gasteiger partial charge in [-0.25, -0.2) is 13.2 Å². The van der Waals surface area contributed by atoms with Crippen LogP contribution in [-0.4, -0.2) is 73.1 Å². The monoisotopic (exact) mass is 548 g/mol. The predicted octanol–water partition coefficient (Wildman–Crippen LogP) is 5.26. The van der Waals surface area contributed by atoms with E-state index < -0.39 is 29.4 Å². The number of allylic oxidation sites excluding steroid dienone is 2. The van der Waals surface area contributed by atoms with Crippen molar-refractivity contribution in [2.45, 2.75) is 84.2 Å². The summed E-state index contributed by atoms with van der Waals surface area (Å²) in [6.07, 6.45) is 7.11. The predicted molar refractivity (Wildman–Crippen MR) is 148 cm³/mol. The third kappa shape index (κ3) is 7.93. The van der Waals surface area contributed by atoms with Crippen LogP contribution in [0.2, 0.25) is 0 Å². The van der Waals surface area contributed by atoms with E-state index in [2.05, 4.69) is 15.2 Å². The molecule has 39 heavy (non-hydrogen) atoms. The number of hydrogen-bond donors (Lipinski definition) is 1. The highest BCUT2D eigenvalue weighted by Gasteiger charge is 2.28. The molecule has 2 amide bonds. The van der Waals surface area contributed by atoms with Gasteiger partial charge in [0.1, 0.15) is 11.9 Å². The summed E-state index contributed by atoms with van der Waals surface area (Å²) >= 11 is 0. The molecule has 2 atom stereocenters. The molecule has 1 unspecified atom stereocenters. The van der Waals surface area contributed by atoms with Crippen LogP contribution in [0.1, 0.15) is 77.7 Å². The number of rotatable bonds is 12. The zero-order chi connectivity index (χ0) is 28.7. The number of nitrogens with one attached hydrogen (secondary N) is 1. The van der Waals surface area contributed by atoms with Crippen molar-refractivity contribution in [2.24, 2.45) is 10.9 Å². The van der Waals surface area contributed by atoms with Crippen LogP contribution in [0.25, 0.3) is 0 Å². The van der Waals surface area contributed by atoms with Crippen LogP contribution in [0, 0.1) is 23.4 Å². The van der Waals surface area contributed by atoms with E-state index in [-0.39, 0.29) is 29.8 Å². The van der Waals surface area contributed by atoms with Gasteiger partial charge in [0.2, 0.25) is 11.8 Å². The summed E-state index contributed by atoms with van der Waals surface area (Å²) in [6.45, 7) is 6.74. The first kappa shape index (κ1) is 30.9. The topological polar surface area (TPSA) is 65.0 Å². The van der Waals surface area contributed by atoms with E-state index in [0.717, 1.165) is 36.5 Å². The molecule has 2 fully saturated rings. The molecule has 1 heterocycles. The van der Waals surface area contributed by atoms with E-state index in [1.165, 1.54) is 19.3 Å². The van der Waals surface area contributed by atoms with Crippen molar-refractivity contribution in [1.29, 1.82) is 0 Å². The Balaban J connectivity index is 1.85. The maximum absolute atomic E-state index is 15.0. The van der Waals surface area contributed by atoms with Gasteiger partial charge in [0.25, 0.3) is 0 Å². The molecule has 1 aromatic carbocycles. The zero-order valence-electron chi connectivity index (χ0n) is 24.0. The second kappa shape index (κ2) is 14.1. The first-order valence-corrected chi connectivity index (χ1v) is 14.2. The molecule has 3 rings (SSSR count). The fourth-order valence-electron chi connectivity index (χ4n) is 5.31. The van der Waals surface area contributed by atoms with Crippen LogP contribution < -0.4 is 5.32 Å². The molecule has 1 aromatic rings. The lowest BCUT2D eigenvalue weighted by Gasteiger charge is -2.26. The molecule has 1 saturated heterocycles. The van der Waals surface area contributed by atoms with Gasteiger partial charge in [-0.3, -0.25) is 14.6 Å². The molecule has 216 valence electrons. The van der Waals surface area contributed by atoms with E-state index in [9.17, 15) is 18.4 Å². The number of nitrogens with zero attached hydrogens (tertiary/aromatic N) is 3. The van der Waals surface area contributed by atoms with Gasteiger partial charge in [0, 0.05) is 30.8 Å². The van der Waals surface area contributed by atoms with Crippen molar-refractivity contribution >= 4 is 17.5 Å². The molecule has 0 aromatic heterocycles. The van der Waals surface area contributed by atoms with Crippen LogP contribution in [0.5, 0.6) is 0 Å². The molecule has 2 aliphatic rings. The van der Waals surface area contributed by atoms with Gasteiger partial charge in [0.15, 0.2) is 11.6 Å². The van der Waals surface area contributed by atoms with E-state index in [0.29, 0.717) is 37.9 Å². The van der Waals surface area contributed by atoms with E-state index in [4.69, 9.17) is 0 Å². The highest BCUT2D eigenvalue weighted by Crippen LogP contribution is 2.33. The Labute approximate surface area is 230 Å². The smallest absolute Gasteiger partial charge is 0.245 e. The Hall–Kier alpha value is -2.68. The molecule has 1 saturated carbocycles. The van der Waals surface area contributed by atoms with E-state index in [1.54, 1.807) is 11.8 Å². The van der Waals surface area contributed by atoms with Crippen molar-refractivity contribution in [3.05, 3.63) is 46.3 Å². The van der Waals surface area contributed by atoms with Gasteiger partial charge in [-0.2, -0.15) is 0 Å². The maximum Gasteiger partial charge on any atom is 0.245 e. The van der Waals surface area contributed by atoms with E-state index >= 15 is 4.39 Å². The van der Waals surface area contributed by atoms with Crippen molar-refractivity contribution < 1.29 is 22.8 Å². The number of carbonyl (C=O) groups is 2. The number of carbonyl (C=O) groups excluding carboxylic acids is 2. The standard InChI is InChI=1S/C30H43F3N4O2/c1-6-22(19(3)11-12-20-9-8-10-20)29(23-15-25(32)26(33)16-24(23)31)35-27(7-2)30(39)34-17-28(38)37-14-13-21(18-37)36(4)5/h15-16,20-21,27H,6-14,17-18H2,1-5H3,(H,34,39)/b22-19+,35-29?/t21?,27-/m1/s1. The highest BCUT2D eigenvalue weighted by molar-refractivity contribution is 6.14. The highest BCUT2D eigenvalue weighted by atomic mass is 19.2. The Morgan fingerprint density at radius 2 is 1.79 bits per heavy atom. The summed E-state index contributed by atoms with van der Waals surface area (Å²) in [5.41, 5.74) is 1.74. The summed E-state index contributed by atoms with van der Waals surface area (Å²) in [7, 11) is 3.96. The van der Waals surface area contributed by atoms with Crippen molar-refractivity contribution in [2.75, 3.05) is 33.7 Å². The second-order valence-electron chi connectivity index (χ2n) is 11.1. The summed E-state index contributed by atoms with van der Waals surface area (Å²) in [5.74, 6) is -3.34. The minimum atomic E-state index is -1.28. The van der Waals surface area contributed by atoms with Crippen molar-refractivity contribution in [3.8, 4) is 0 Å². The fourth-order valence-corrected chi connectivity index (χ4v) is 5.31. The van der Waals surface area contributed by atoms with Crippen LogP contribution in [0.3, 0.4) is 0 Å². The van der Waals surface area contributed by atoms with Crippen LogP contribution in [0.15, 0.2) is 28.3 Å². The maximum atomic E-state index is 15.0. The van der Waals surface area contributed by atoms with Gasteiger partial charge in [0.05, 0.1) is 12.3 Å². The van der Waals surface area contributed by atoms with Gasteiger partial charge in [-0.1, -0.05) is 38.7 Å². The van der Waals surface area contributed by atoms with Crippen molar-refractivity contribution in [3.63, 3.8) is 0 Å². The molecule has 1 aliphatic heterocycles. The largest absolute Gasteiger partial charge is 0.345 e. The molecular formula is C30H43F3N4O2. The molecule has 1 N–H and O–H groups in total. The lowest BCUT2D eigenvalue weighted by atomic mass is 9.80. The summed E-state index contributed by atoms with van der Waals surface area (Å²) in [5, 5.41) is 2.69. The van der Waals surface area contributed by atoms with Gasteiger partial charge < -0.3 is 15.1 Å². The summed E-state index contributed by atoms with van der Waals surface area (Å²) in [6, 6.07) is 0.710. The first-order chi connectivity index (χ1) is 18.5. The van der Waals surface area contributed by atoms with Crippen LogP contribution >= 0.6 is 0 Å². The fraction of sp³-hybridized carbons (Fsp3) is 0.633. The average molecular weight is 549 g/mol. The molecule has 6 nitrogen and oxygen atoms in total. The van der Waals surface area contributed by atoms with Crippen LogP contribution in [-0.2, 0) is 9.59 Å². The minimum Gasteiger partial charge on any atom is -0.345 e. The number of aliphatic imine (C=N–C) groups is 1. The quantitative estimate of drug-likeness (QED) is 0.286. The third-order valence-electron chi connectivity index (χ3n) is 8.21. The normalized spacial score (nSPS) is 19.7. The lowest BCUT2D eigenvalue weighted by Crippen LogP contribution is -2.43. The molecule has 0 radical (unpaired) electrons. The van der Waals surface area contributed by atoms with Gasteiger partial charge >= 0.3 is 0 Å². The first-order valence-electron chi connectivity index (χ1n) is 14.2. The number of likely N-dealkylation sites (N-methyl/N-ethyl adjacent to an activating group) is 1. The molecule has 0 bridgehead atoms. The Kier molecular flexibility index (Phi) is 11.2. The zero-order valence-corrected chi connectivity index (χ0v) is 24.0. The summed E-state index contributed by atoms with van der Waals surface area (Å²) < 4.78 is 43.1. The number of halogens is 3. The summed E-state index contributed by atoms with van der Waals surface area (Å²) in [4.78, 5) is 34.3. The SMILES string of the molecule is CC/C(C(=N[C@H](CC)C(=O)NCC(=O)N1CCC(N(C)C)C1)c1cc(F)c(F)cc1F)=C(/C)CCC1CCC1. The number of benzene rings is 1. The molecule has 9 heteroatoms. The van der Waals surface area contributed by atoms with Crippen LogP contribution in [0.4, 0.5) is 13.2 Å². The van der Waals surface area contributed by atoms with E-state index in [1.807, 2.05) is 27.9 Å². The molecule has 0 spiro atoms. The Morgan fingerprint density at radius 1 is 1.10 bits per heavy atom. The number of likely N-dealkylation sites (tertiary alicyclic amines) is 1. The third-order valence-corrected chi connectivity index (χ3v) is 8.21. The number of hydrogen-bond acceptors (Lipinski definition) is 4. The lowest BCUT2D eigenvalue weighted by molar-refractivity contribution is -0.132. The second-order valence-corrected chi connectivity index (χ2v) is 11.1. The Bertz CT molecular complexity index is 1100. The molecular weight excluding hydrogens is 505 g/mol. The minimum absolute atomic E-state index is 0.156. The van der Waals surface area contributed by atoms with Crippen molar-refractivity contribution in [1.82, 2.24) is 15.1 Å². The Morgan fingerprint density at radius 3 is 2.36 bits per heavy atom. The number of amides is 2. The molecule has 1 aliphatic carbocycles.